The summed E-state index contributed by atoms with van der Waals surface area (Å²) in [6.07, 6.45) is -2.78. The zero-order valence-corrected chi connectivity index (χ0v) is 14.9. The number of anilines is 1. The molecule has 1 fully saturated rings. The van der Waals surface area contributed by atoms with Crippen molar-refractivity contribution >= 4 is 23.2 Å². The maximum Gasteiger partial charge on any atom is 0.417 e. The van der Waals surface area contributed by atoms with Gasteiger partial charge in [0.05, 0.1) is 22.3 Å². The summed E-state index contributed by atoms with van der Waals surface area (Å²) in [5, 5.41) is 2.03. The molecule has 0 radical (unpaired) electrons. The zero-order valence-electron chi connectivity index (χ0n) is 14.2. The highest BCUT2D eigenvalue weighted by atomic mass is 35.5. The molecule has 1 aliphatic heterocycles. The van der Waals surface area contributed by atoms with Gasteiger partial charge in [-0.3, -0.25) is 4.79 Å². The summed E-state index contributed by atoms with van der Waals surface area (Å²) < 4.78 is 50.1. The van der Waals surface area contributed by atoms with E-state index in [4.69, 9.17) is 21.1 Å². The summed E-state index contributed by atoms with van der Waals surface area (Å²) in [5.41, 5.74) is -0.797. The van der Waals surface area contributed by atoms with Crippen molar-refractivity contribution in [3.05, 3.63) is 58.6 Å². The highest BCUT2D eigenvalue weighted by molar-refractivity contribution is 6.31. The fourth-order valence-corrected chi connectivity index (χ4v) is 2.98. The highest BCUT2D eigenvalue weighted by Crippen LogP contribution is 2.36. The van der Waals surface area contributed by atoms with Gasteiger partial charge in [-0.05, 0) is 43.2 Å². The van der Waals surface area contributed by atoms with Gasteiger partial charge in [-0.15, -0.1) is 0 Å². The molecule has 27 heavy (non-hydrogen) atoms. The molecule has 8 heteroatoms. The number of halogens is 4. The smallest absolute Gasteiger partial charge is 0.417 e. The van der Waals surface area contributed by atoms with Crippen LogP contribution >= 0.6 is 11.6 Å². The Bertz CT molecular complexity index is 820. The van der Waals surface area contributed by atoms with E-state index in [9.17, 15) is 18.0 Å². The van der Waals surface area contributed by atoms with Gasteiger partial charge < -0.3 is 14.8 Å². The normalized spacial score (nSPS) is 17.0. The third-order valence-corrected chi connectivity index (χ3v) is 4.44. The molecule has 1 heterocycles. The lowest BCUT2D eigenvalue weighted by molar-refractivity contribution is -0.137. The number of para-hydroxylation sites is 1. The van der Waals surface area contributed by atoms with Crippen molar-refractivity contribution in [1.82, 2.24) is 0 Å². The van der Waals surface area contributed by atoms with Gasteiger partial charge in [-0.2, -0.15) is 13.2 Å². The third kappa shape index (κ3) is 4.93. The summed E-state index contributed by atoms with van der Waals surface area (Å²) in [7, 11) is 0. The first-order chi connectivity index (χ1) is 12.8. The molecule has 0 saturated carbocycles. The van der Waals surface area contributed by atoms with Crippen LogP contribution in [0.25, 0.3) is 0 Å². The Balaban J connectivity index is 1.74. The summed E-state index contributed by atoms with van der Waals surface area (Å²) >= 11 is 5.60. The van der Waals surface area contributed by atoms with Crippen molar-refractivity contribution in [3.8, 4) is 5.75 Å². The van der Waals surface area contributed by atoms with Gasteiger partial charge in [0.25, 0.3) is 5.91 Å². The van der Waals surface area contributed by atoms with Crippen LogP contribution in [0.4, 0.5) is 18.9 Å². The standard InChI is InChI=1S/C19H17ClF3NO3/c20-16-8-7-12(10-15(16)19(21,22)23)24-18(25)14-5-1-2-6-17(14)27-11-13-4-3-9-26-13/h1-2,5-8,10,13H,3-4,9,11H2,(H,24,25). The Morgan fingerprint density at radius 1 is 1.26 bits per heavy atom. The third-order valence-electron chi connectivity index (χ3n) is 4.11. The number of carbonyl (C=O) groups excluding carboxylic acids is 1. The summed E-state index contributed by atoms with van der Waals surface area (Å²) in [6.45, 7) is 0.998. The van der Waals surface area contributed by atoms with Gasteiger partial charge in [0.2, 0.25) is 0 Å². The molecular weight excluding hydrogens is 383 g/mol. The van der Waals surface area contributed by atoms with E-state index in [-0.39, 0.29) is 17.4 Å². The van der Waals surface area contributed by atoms with Gasteiger partial charge >= 0.3 is 6.18 Å². The van der Waals surface area contributed by atoms with E-state index in [1.807, 2.05) is 0 Å². The van der Waals surface area contributed by atoms with Crippen LogP contribution in [0.2, 0.25) is 5.02 Å². The van der Waals surface area contributed by atoms with Crippen molar-refractivity contribution in [1.29, 1.82) is 0 Å². The van der Waals surface area contributed by atoms with Crippen LogP contribution in [-0.2, 0) is 10.9 Å². The minimum absolute atomic E-state index is 0.00865. The number of nitrogens with one attached hydrogen (secondary N) is 1. The lowest BCUT2D eigenvalue weighted by Gasteiger charge is -2.15. The van der Waals surface area contributed by atoms with E-state index in [0.29, 0.717) is 19.0 Å². The van der Waals surface area contributed by atoms with Crippen molar-refractivity contribution in [3.63, 3.8) is 0 Å². The number of ether oxygens (including phenoxy) is 2. The molecule has 2 aromatic rings. The minimum Gasteiger partial charge on any atom is -0.490 e. The van der Waals surface area contributed by atoms with E-state index in [0.717, 1.165) is 25.0 Å². The molecule has 1 N–H and O–H groups in total. The zero-order chi connectivity index (χ0) is 19.4. The fourth-order valence-electron chi connectivity index (χ4n) is 2.76. The molecule has 0 spiro atoms. The van der Waals surface area contributed by atoms with Crippen molar-refractivity contribution < 1.29 is 27.4 Å². The van der Waals surface area contributed by atoms with Gasteiger partial charge in [0.1, 0.15) is 12.4 Å². The molecule has 4 nitrogen and oxygen atoms in total. The highest BCUT2D eigenvalue weighted by Gasteiger charge is 2.33. The number of alkyl halides is 3. The van der Waals surface area contributed by atoms with Gasteiger partial charge in [0, 0.05) is 12.3 Å². The molecule has 2 aromatic carbocycles. The van der Waals surface area contributed by atoms with Crippen molar-refractivity contribution in [2.45, 2.75) is 25.1 Å². The molecule has 0 aliphatic carbocycles. The predicted molar refractivity (Wildman–Crippen MR) is 95.3 cm³/mol. The van der Waals surface area contributed by atoms with Crippen LogP contribution in [0.15, 0.2) is 42.5 Å². The molecule has 0 bridgehead atoms. The molecule has 1 amide bonds. The van der Waals surface area contributed by atoms with Crippen molar-refractivity contribution in [2.75, 3.05) is 18.5 Å². The lowest BCUT2D eigenvalue weighted by Crippen LogP contribution is -2.19. The molecule has 144 valence electrons. The first kappa shape index (κ1) is 19.5. The van der Waals surface area contributed by atoms with Gasteiger partial charge in [-0.25, -0.2) is 0 Å². The number of amides is 1. The number of benzene rings is 2. The van der Waals surface area contributed by atoms with E-state index >= 15 is 0 Å². The molecule has 1 atom stereocenters. The summed E-state index contributed by atoms with van der Waals surface area (Å²) in [4.78, 5) is 12.5. The Hall–Kier alpha value is -2.25. The number of carbonyl (C=O) groups is 1. The average molecular weight is 400 g/mol. The topological polar surface area (TPSA) is 47.6 Å². The van der Waals surface area contributed by atoms with Crippen LogP contribution in [0.1, 0.15) is 28.8 Å². The maximum absolute atomic E-state index is 13.0. The average Bonchev–Trinajstić information content (AvgIpc) is 3.14. The second-order valence-corrected chi connectivity index (χ2v) is 6.50. The second kappa shape index (κ2) is 8.19. The number of hydrogen-bond acceptors (Lipinski definition) is 3. The maximum atomic E-state index is 13.0. The SMILES string of the molecule is O=C(Nc1ccc(Cl)c(C(F)(F)F)c1)c1ccccc1OCC1CCCO1. The van der Waals surface area contributed by atoms with Crippen LogP contribution in [-0.4, -0.2) is 25.2 Å². The Labute approximate surface area is 159 Å². The summed E-state index contributed by atoms with van der Waals surface area (Å²) in [5.74, 6) is -0.233. The van der Waals surface area contributed by atoms with E-state index in [2.05, 4.69) is 5.32 Å². The Morgan fingerprint density at radius 2 is 2.04 bits per heavy atom. The van der Waals surface area contributed by atoms with E-state index in [1.54, 1.807) is 24.3 Å². The number of hydrogen-bond donors (Lipinski definition) is 1. The first-order valence-electron chi connectivity index (χ1n) is 8.36. The lowest BCUT2D eigenvalue weighted by atomic mass is 10.1. The van der Waals surface area contributed by atoms with Crippen LogP contribution in [0.5, 0.6) is 5.75 Å². The van der Waals surface area contributed by atoms with E-state index < -0.39 is 22.7 Å². The number of rotatable bonds is 5. The quantitative estimate of drug-likeness (QED) is 0.754. The predicted octanol–water partition coefficient (Wildman–Crippen LogP) is 5.17. The molecule has 3 rings (SSSR count). The van der Waals surface area contributed by atoms with E-state index in [1.165, 1.54) is 6.07 Å². The second-order valence-electron chi connectivity index (χ2n) is 6.09. The fraction of sp³-hybridized carbons (Fsp3) is 0.316. The largest absolute Gasteiger partial charge is 0.490 e. The molecular formula is C19H17ClF3NO3. The Kier molecular flexibility index (Phi) is 5.92. The molecule has 1 aliphatic rings. The van der Waals surface area contributed by atoms with Gasteiger partial charge in [0.15, 0.2) is 0 Å². The molecule has 1 saturated heterocycles. The van der Waals surface area contributed by atoms with Gasteiger partial charge in [-0.1, -0.05) is 23.7 Å². The van der Waals surface area contributed by atoms with Crippen LogP contribution < -0.4 is 10.1 Å². The minimum atomic E-state index is -4.61. The summed E-state index contributed by atoms with van der Waals surface area (Å²) in [6, 6.07) is 9.75. The first-order valence-corrected chi connectivity index (χ1v) is 8.74. The molecule has 0 aromatic heterocycles. The van der Waals surface area contributed by atoms with Crippen LogP contribution in [0, 0.1) is 0 Å². The van der Waals surface area contributed by atoms with Crippen molar-refractivity contribution in [2.24, 2.45) is 0 Å². The van der Waals surface area contributed by atoms with Crippen LogP contribution in [0.3, 0.4) is 0 Å². The molecule has 1 unspecified atom stereocenters. The Morgan fingerprint density at radius 3 is 2.74 bits per heavy atom. The monoisotopic (exact) mass is 399 g/mol.